The molecule has 0 aromatic heterocycles. The Morgan fingerprint density at radius 3 is 2.65 bits per heavy atom. The highest BCUT2D eigenvalue weighted by atomic mass is 16.7. The highest BCUT2D eigenvalue weighted by Crippen LogP contribution is 2.49. The Balaban J connectivity index is 2.00. The van der Waals surface area contributed by atoms with Crippen LogP contribution in [-0.2, 0) is 23.8 Å². The van der Waals surface area contributed by atoms with Gasteiger partial charge in [-0.1, -0.05) is 27.4 Å². The van der Waals surface area contributed by atoms with Crippen molar-refractivity contribution in [2.75, 3.05) is 0 Å². The quantitative estimate of drug-likeness (QED) is 0.560. The van der Waals surface area contributed by atoms with E-state index in [1.54, 1.807) is 27.7 Å². The van der Waals surface area contributed by atoms with Gasteiger partial charge >= 0.3 is 11.9 Å². The maximum absolute atomic E-state index is 12.3. The summed E-state index contributed by atoms with van der Waals surface area (Å²) in [5.74, 6) is -3.92. The van der Waals surface area contributed by atoms with Crippen LogP contribution < -0.4 is 0 Å². The van der Waals surface area contributed by atoms with Gasteiger partial charge in [0.2, 0.25) is 0 Å². The number of aliphatic hydroxyl groups excluding tert-OH is 1. The summed E-state index contributed by atoms with van der Waals surface area (Å²) in [5, 5.41) is 21.3. The summed E-state index contributed by atoms with van der Waals surface area (Å²) in [6, 6.07) is 0. The smallest absolute Gasteiger partial charge is 0.334 e. The monoisotopic (exact) mass is 368 g/mol. The van der Waals surface area contributed by atoms with Crippen LogP contribution in [0.2, 0.25) is 0 Å². The van der Waals surface area contributed by atoms with E-state index in [4.69, 9.17) is 14.2 Å². The number of hydrogen-bond acceptors (Lipinski definition) is 7. The molecule has 2 N–H and O–H groups in total. The van der Waals surface area contributed by atoms with Crippen LogP contribution in [0.3, 0.4) is 0 Å². The first-order chi connectivity index (χ1) is 12.0. The fourth-order valence-corrected chi connectivity index (χ4v) is 4.39. The minimum absolute atomic E-state index is 0.211. The molecule has 3 aliphatic rings. The van der Waals surface area contributed by atoms with Gasteiger partial charge in [-0.2, -0.15) is 0 Å². The van der Waals surface area contributed by atoms with Crippen LogP contribution in [0.15, 0.2) is 12.2 Å². The summed E-state index contributed by atoms with van der Waals surface area (Å²) in [6.07, 6.45) is -1.62. The van der Waals surface area contributed by atoms with E-state index in [1.807, 2.05) is 0 Å². The third-order valence-electron chi connectivity index (χ3n) is 5.90. The number of hydrogen-bond donors (Lipinski definition) is 2. The summed E-state index contributed by atoms with van der Waals surface area (Å²) in [4.78, 5) is 24.4. The number of fused-ring (bicyclic) bond motifs is 3. The number of aliphatic hydroxyl groups is 2. The SMILES string of the molecule is C=C1C(=O)O[C@@H]2C[C@H](C)[C@@]3(O)O[C@@](C)(C[C@H]3O)C[C@@H](OC(=O)C(C)C)[C@@H]12. The van der Waals surface area contributed by atoms with Crippen molar-refractivity contribution < 1.29 is 34.0 Å². The lowest BCUT2D eigenvalue weighted by Gasteiger charge is -2.34. The zero-order valence-corrected chi connectivity index (χ0v) is 15.7. The van der Waals surface area contributed by atoms with Gasteiger partial charge in [-0.25, -0.2) is 4.79 Å². The van der Waals surface area contributed by atoms with Gasteiger partial charge in [0, 0.05) is 24.3 Å². The molecule has 0 saturated carbocycles. The largest absolute Gasteiger partial charge is 0.461 e. The maximum atomic E-state index is 12.3. The van der Waals surface area contributed by atoms with E-state index >= 15 is 0 Å². The number of esters is 2. The van der Waals surface area contributed by atoms with Gasteiger partial charge in [-0.3, -0.25) is 4.79 Å². The molecule has 3 aliphatic heterocycles. The molecule has 146 valence electrons. The molecule has 3 heterocycles. The zero-order chi connectivity index (χ0) is 19.4. The van der Waals surface area contributed by atoms with Gasteiger partial charge in [0.25, 0.3) is 0 Å². The molecular weight excluding hydrogens is 340 g/mol. The van der Waals surface area contributed by atoms with E-state index in [-0.39, 0.29) is 36.7 Å². The summed E-state index contributed by atoms with van der Waals surface area (Å²) in [5.41, 5.74) is -0.622. The molecule has 0 unspecified atom stereocenters. The molecule has 3 saturated heterocycles. The topological polar surface area (TPSA) is 102 Å². The zero-order valence-electron chi connectivity index (χ0n) is 15.7. The molecule has 3 rings (SSSR count). The van der Waals surface area contributed by atoms with Gasteiger partial charge in [0.15, 0.2) is 5.79 Å². The van der Waals surface area contributed by atoms with Gasteiger partial charge in [-0.05, 0) is 13.3 Å². The fourth-order valence-electron chi connectivity index (χ4n) is 4.39. The van der Waals surface area contributed by atoms with Crippen LogP contribution in [0.25, 0.3) is 0 Å². The second-order valence-corrected chi connectivity index (χ2v) is 8.49. The molecule has 0 aromatic carbocycles. The Morgan fingerprint density at radius 2 is 2.04 bits per heavy atom. The highest BCUT2D eigenvalue weighted by Gasteiger charge is 2.60. The predicted octanol–water partition coefficient (Wildman–Crippen LogP) is 1.31. The maximum Gasteiger partial charge on any atom is 0.334 e. The number of rotatable bonds is 2. The van der Waals surface area contributed by atoms with Gasteiger partial charge < -0.3 is 24.4 Å². The van der Waals surface area contributed by atoms with E-state index < -0.39 is 47.5 Å². The van der Waals surface area contributed by atoms with Crippen molar-refractivity contribution in [3.63, 3.8) is 0 Å². The van der Waals surface area contributed by atoms with E-state index in [9.17, 15) is 19.8 Å². The van der Waals surface area contributed by atoms with Crippen molar-refractivity contribution in [3.8, 4) is 0 Å². The first kappa shape index (κ1) is 19.3. The van der Waals surface area contributed by atoms with Crippen LogP contribution in [0, 0.1) is 17.8 Å². The van der Waals surface area contributed by atoms with Crippen LogP contribution in [-0.4, -0.2) is 51.9 Å². The minimum Gasteiger partial charge on any atom is -0.461 e. The van der Waals surface area contributed by atoms with Crippen molar-refractivity contribution in [1.82, 2.24) is 0 Å². The molecular formula is C19H28O7. The average molecular weight is 368 g/mol. The summed E-state index contributed by atoms with van der Waals surface area (Å²) >= 11 is 0. The normalized spacial score (nSPS) is 45.6. The molecule has 0 spiro atoms. The molecule has 2 bridgehead atoms. The highest BCUT2D eigenvalue weighted by molar-refractivity contribution is 5.91. The van der Waals surface area contributed by atoms with E-state index in [1.165, 1.54) is 0 Å². The van der Waals surface area contributed by atoms with E-state index in [0.29, 0.717) is 0 Å². The second kappa shape index (κ2) is 6.32. The summed E-state index contributed by atoms with van der Waals surface area (Å²) in [7, 11) is 0. The predicted molar refractivity (Wildman–Crippen MR) is 90.7 cm³/mol. The lowest BCUT2D eigenvalue weighted by atomic mass is 9.78. The fraction of sp³-hybridized carbons (Fsp3) is 0.789. The van der Waals surface area contributed by atoms with Crippen LogP contribution in [0.1, 0.15) is 47.0 Å². The standard InChI is InChI=1S/C19H28O7/c1-9(2)16(21)25-13-7-18(5)8-14(20)19(23,26-18)10(3)6-12-15(13)11(4)17(22)24-12/h9-10,12-15,20,23H,4,6-8H2,1-3,5H3/t10-,12+,13+,14+,15-,18+,19+/m0/s1. The third-order valence-corrected chi connectivity index (χ3v) is 5.90. The Kier molecular flexibility index (Phi) is 4.70. The first-order valence-electron chi connectivity index (χ1n) is 9.18. The third kappa shape index (κ3) is 3.06. The Labute approximate surface area is 153 Å². The second-order valence-electron chi connectivity index (χ2n) is 8.49. The van der Waals surface area contributed by atoms with Crippen LogP contribution >= 0.6 is 0 Å². The van der Waals surface area contributed by atoms with Gasteiger partial charge in [-0.15, -0.1) is 0 Å². The molecule has 7 atom stereocenters. The van der Waals surface area contributed by atoms with Crippen LogP contribution in [0.5, 0.6) is 0 Å². The van der Waals surface area contributed by atoms with Crippen molar-refractivity contribution in [1.29, 1.82) is 0 Å². The van der Waals surface area contributed by atoms with Crippen molar-refractivity contribution >= 4 is 11.9 Å². The minimum atomic E-state index is -1.73. The molecule has 7 nitrogen and oxygen atoms in total. The number of carbonyl (C=O) groups excluding carboxylic acids is 2. The lowest BCUT2D eigenvalue weighted by molar-refractivity contribution is -0.275. The van der Waals surface area contributed by atoms with Crippen molar-refractivity contribution in [2.45, 2.75) is 76.7 Å². The Morgan fingerprint density at radius 1 is 1.38 bits per heavy atom. The molecule has 26 heavy (non-hydrogen) atoms. The number of ether oxygens (including phenoxy) is 3. The molecule has 0 aromatic rings. The summed E-state index contributed by atoms with van der Waals surface area (Å²) < 4.78 is 17.1. The number of carbonyl (C=O) groups is 2. The van der Waals surface area contributed by atoms with Crippen molar-refractivity contribution in [3.05, 3.63) is 12.2 Å². The average Bonchev–Trinajstić information content (AvgIpc) is 2.92. The molecule has 0 amide bonds. The Bertz CT molecular complexity index is 629. The van der Waals surface area contributed by atoms with Crippen molar-refractivity contribution in [2.24, 2.45) is 17.8 Å². The molecule has 0 aliphatic carbocycles. The molecule has 7 heteroatoms. The first-order valence-corrected chi connectivity index (χ1v) is 9.18. The van der Waals surface area contributed by atoms with Gasteiger partial charge in [0.05, 0.1) is 17.4 Å². The lowest BCUT2D eigenvalue weighted by Crippen LogP contribution is -2.47. The summed E-state index contributed by atoms with van der Waals surface area (Å²) in [6.45, 7) is 10.8. The van der Waals surface area contributed by atoms with Crippen LogP contribution in [0.4, 0.5) is 0 Å². The molecule has 3 fully saturated rings. The van der Waals surface area contributed by atoms with E-state index in [2.05, 4.69) is 6.58 Å². The Hall–Kier alpha value is -1.44. The molecule has 0 radical (unpaired) electrons. The van der Waals surface area contributed by atoms with E-state index in [0.717, 1.165) is 0 Å². The van der Waals surface area contributed by atoms with Gasteiger partial charge in [0.1, 0.15) is 18.3 Å².